The van der Waals surface area contributed by atoms with Crippen LogP contribution in [-0.4, -0.2) is 53.3 Å². The van der Waals surface area contributed by atoms with Gasteiger partial charge in [0.05, 0.1) is 11.9 Å². The van der Waals surface area contributed by atoms with Gasteiger partial charge in [-0.2, -0.15) is 12.6 Å². The molecule has 0 aliphatic carbocycles. The average molecular weight is 438 g/mol. The quantitative estimate of drug-likeness (QED) is 0.547. The number of pyridine rings is 2. The number of hydrogen-bond donors (Lipinski definition) is 3. The van der Waals surface area contributed by atoms with Crippen molar-refractivity contribution >= 4 is 34.9 Å². The molecular formula is C24H31N5OS. The highest BCUT2D eigenvalue weighted by molar-refractivity contribution is 7.79. The van der Waals surface area contributed by atoms with Gasteiger partial charge in [-0.25, -0.2) is 4.98 Å². The van der Waals surface area contributed by atoms with Crippen molar-refractivity contribution < 1.29 is 0 Å². The summed E-state index contributed by atoms with van der Waals surface area (Å²) in [6.07, 6.45) is 6.99. The molecule has 3 N–H and O–H groups in total. The lowest BCUT2D eigenvalue weighted by molar-refractivity contribution is 0.205. The zero-order valence-corrected chi connectivity index (χ0v) is 18.9. The van der Waals surface area contributed by atoms with Crippen molar-refractivity contribution in [3.8, 4) is 0 Å². The van der Waals surface area contributed by atoms with E-state index in [1.165, 1.54) is 0 Å². The highest BCUT2D eigenvalue weighted by atomic mass is 32.1. The van der Waals surface area contributed by atoms with Crippen LogP contribution in [0.25, 0.3) is 10.8 Å². The summed E-state index contributed by atoms with van der Waals surface area (Å²) in [6.45, 7) is 4.23. The van der Waals surface area contributed by atoms with E-state index in [9.17, 15) is 4.79 Å². The number of piperidine rings is 1. The van der Waals surface area contributed by atoms with Gasteiger partial charge in [0, 0.05) is 42.7 Å². The lowest BCUT2D eigenvalue weighted by Gasteiger charge is -2.37. The predicted molar refractivity (Wildman–Crippen MR) is 132 cm³/mol. The molecule has 4 heterocycles. The Bertz CT molecular complexity index is 1060. The van der Waals surface area contributed by atoms with Crippen LogP contribution in [0.3, 0.4) is 0 Å². The van der Waals surface area contributed by atoms with E-state index in [1.54, 1.807) is 6.26 Å². The van der Waals surface area contributed by atoms with Crippen LogP contribution in [0.2, 0.25) is 0 Å². The van der Waals surface area contributed by atoms with Crippen LogP contribution in [0.15, 0.2) is 53.5 Å². The van der Waals surface area contributed by atoms with Gasteiger partial charge in [0.15, 0.2) is 0 Å². The minimum atomic E-state index is 0.0296. The van der Waals surface area contributed by atoms with E-state index < -0.39 is 0 Å². The van der Waals surface area contributed by atoms with Crippen LogP contribution < -0.4 is 16.2 Å². The van der Waals surface area contributed by atoms with Gasteiger partial charge in [0.25, 0.3) is 5.56 Å². The third-order valence-electron chi connectivity index (χ3n) is 6.55. The summed E-state index contributed by atoms with van der Waals surface area (Å²) in [5.74, 6) is 0.977. The maximum absolute atomic E-state index is 12.4. The fourth-order valence-electron chi connectivity index (χ4n) is 4.90. The Morgan fingerprint density at radius 1 is 1.06 bits per heavy atom. The lowest BCUT2D eigenvalue weighted by Crippen LogP contribution is -2.44. The van der Waals surface area contributed by atoms with Crippen molar-refractivity contribution in [2.45, 2.75) is 31.2 Å². The van der Waals surface area contributed by atoms with E-state index in [-0.39, 0.29) is 5.56 Å². The number of nitrogens with zero attached hydrogens (tertiary/aromatic N) is 3. The second kappa shape index (κ2) is 9.75. The van der Waals surface area contributed by atoms with E-state index >= 15 is 0 Å². The van der Waals surface area contributed by atoms with E-state index in [1.807, 2.05) is 36.5 Å². The number of rotatable bonds is 3. The maximum atomic E-state index is 12.4. The summed E-state index contributed by atoms with van der Waals surface area (Å²) in [4.78, 5) is 24.8. The Labute approximate surface area is 188 Å². The maximum Gasteiger partial charge on any atom is 0.256 e. The van der Waals surface area contributed by atoms with Gasteiger partial charge in [0.1, 0.15) is 5.82 Å². The standard InChI is InChI=1S/C23H27N5O.CH4S/c24-22-6-5-19(14-25-22)27-11-8-18(9-12-27)28-10-7-17(15-28)21-13-16-3-1-2-4-20(16)23(29)26-21;1-2/h1-6,13-14,17-18H,7-12,15H2,(H2,24,25)(H,26,29);2H,1H3. The fourth-order valence-corrected chi connectivity index (χ4v) is 4.90. The van der Waals surface area contributed by atoms with Crippen molar-refractivity contribution in [3.05, 3.63) is 64.7 Å². The Morgan fingerprint density at radius 2 is 1.84 bits per heavy atom. The average Bonchev–Trinajstić information content (AvgIpc) is 3.32. The molecule has 2 aliphatic rings. The minimum absolute atomic E-state index is 0.0296. The molecule has 7 heteroatoms. The highest BCUT2D eigenvalue weighted by Crippen LogP contribution is 2.31. The number of nitrogen functional groups attached to an aromatic ring is 1. The zero-order valence-electron chi connectivity index (χ0n) is 18.0. The van der Waals surface area contributed by atoms with Gasteiger partial charge in [-0.3, -0.25) is 9.69 Å². The molecule has 1 atom stereocenters. The molecule has 2 aromatic heterocycles. The van der Waals surface area contributed by atoms with E-state index in [2.05, 4.69) is 44.5 Å². The highest BCUT2D eigenvalue weighted by Gasteiger charge is 2.32. The van der Waals surface area contributed by atoms with Crippen molar-refractivity contribution in [2.75, 3.05) is 43.1 Å². The molecule has 164 valence electrons. The van der Waals surface area contributed by atoms with Crippen LogP contribution in [0.4, 0.5) is 11.5 Å². The molecule has 1 aromatic carbocycles. The van der Waals surface area contributed by atoms with Crippen LogP contribution in [-0.2, 0) is 0 Å². The number of anilines is 2. The molecule has 1 unspecified atom stereocenters. The molecule has 6 nitrogen and oxygen atoms in total. The Hall–Kier alpha value is -2.51. The van der Waals surface area contributed by atoms with Crippen LogP contribution in [0, 0.1) is 0 Å². The number of fused-ring (bicyclic) bond motifs is 1. The van der Waals surface area contributed by atoms with Gasteiger partial charge in [-0.1, -0.05) is 18.2 Å². The number of H-pyrrole nitrogens is 1. The number of nitrogens with one attached hydrogen (secondary N) is 1. The van der Waals surface area contributed by atoms with Crippen molar-refractivity contribution in [2.24, 2.45) is 0 Å². The number of aromatic amines is 1. The van der Waals surface area contributed by atoms with E-state index in [0.717, 1.165) is 67.6 Å². The first kappa shape index (κ1) is 21.7. The second-order valence-corrected chi connectivity index (χ2v) is 8.28. The monoisotopic (exact) mass is 437 g/mol. The third kappa shape index (κ3) is 4.72. The van der Waals surface area contributed by atoms with Gasteiger partial charge in [-0.15, -0.1) is 0 Å². The molecule has 0 amide bonds. The van der Waals surface area contributed by atoms with Crippen LogP contribution in [0.5, 0.6) is 0 Å². The molecule has 2 fully saturated rings. The molecule has 5 rings (SSSR count). The Morgan fingerprint density at radius 3 is 2.58 bits per heavy atom. The molecule has 0 bridgehead atoms. The number of nitrogens with two attached hydrogens (primary N) is 1. The number of thiol groups is 1. The van der Waals surface area contributed by atoms with E-state index in [4.69, 9.17) is 5.73 Å². The van der Waals surface area contributed by atoms with Crippen molar-refractivity contribution in [1.29, 1.82) is 0 Å². The largest absolute Gasteiger partial charge is 0.384 e. The first-order valence-corrected chi connectivity index (χ1v) is 11.8. The molecule has 31 heavy (non-hydrogen) atoms. The Balaban J connectivity index is 0.00000112. The minimum Gasteiger partial charge on any atom is -0.384 e. The molecule has 2 aliphatic heterocycles. The SMILES string of the molecule is CS.Nc1ccc(N2CCC(N3CCC(c4cc5ccccc5c(=O)[nH]4)C3)CC2)cn1. The summed E-state index contributed by atoms with van der Waals surface area (Å²) in [6, 6.07) is 14.6. The molecule has 0 radical (unpaired) electrons. The van der Waals surface area contributed by atoms with Gasteiger partial charge in [-0.05, 0) is 61.7 Å². The predicted octanol–water partition coefficient (Wildman–Crippen LogP) is 3.51. The molecule has 3 aromatic rings. The molecule has 2 saturated heterocycles. The summed E-state index contributed by atoms with van der Waals surface area (Å²) >= 11 is 3.53. The first-order valence-electron chi connectivity index (χ1n) is 10.9. The number of likely N-dealkylation sites (tertiary alicyclic amines) is 1. The second-order valence-electron chi connectivity index (χ2n) is 8.28. The summed E-state index contributed by atoms with van der Waals surface area (Å²) in [5.41, 5.74) is 7.98. The van der Waals surface area contributed by atoms with Crippen LogP contribution >= 0.6 is 12.6 Å². The van der Waals surface area contributed by atoms with Crippen LogP contribution in [0.1, 0.15) is 30.9 Å². The van der Waals surface area contributed by atoms with Gasteiger partial charge < -0.3 is 15.6 Å². The number of benzene rings is 1. The van der Waals surface area contributed by atoms with Gasteiger partial charge >= 0.3 is 0 Å². The first-order chi connectivity index (χ1) is 15.2. The summed E-state index contributed by atoms with van der Waals surface area (Å²) in [7, 11) is 0. The zero-order chi connectivity index (χ0) is 21.8. The third-order valence-corrected chi connectivity index (χ3v) is 6.55. The molecule has 0 spiro atoms. The summed E-state index contributed by atoms with van der Waals surface area (Å²) < 4.78 is 0. The van der Waals surface area contributed by atoms with Gasteiger partial charge in [0.2, 0.25) is 0 Å². The lowest BCUT2D eigenvalue weighted by atomic mass is 10.0. The number of hydrogen-bond acceptors (Lipinski definition) is 6. The van der Waals surface area contributed by atoms with Crippen molar-refractivity contribution in [1.82, 2.24) is 14.9 Å². The van der Waals surface area contributed by atoms with E-state index in [0.29, 0.717) is 17.8 Å². The topological polar surface area (TPSA) is 78.2 Å². The molecule has 0 saturated carbocycles. The fraction of sp³-hybridized carbons (Fsp3) is 0.417. The smallest absolute Gasteiger partial charge is 0.256 e. The van der Waals surface area contributed by atoms with Crippen molar-refractivity contribution in [3.63, 3.8) is 0 Å². The normalized spacial score (nSPS) is 19.9. The summed E-state index contributed by atoms with van der Waals surface area (Å²) in [5, 5.41) is 1.81. The Kier molecular flexibility index (Phi) is 6.83. The number of aromatic nitrogens is 2. The molecular weight excluding hydrogens is 406 g/mol.